The van der Waals surface area contributed by atoms with Crippen LogP contribution in [0.5, 0.6) is 5.75 Å². The lowest BCUT2D eigenvalue weighted by Crippen LogP contribution is -2.62. The van der Waals surface area contributed by atoms with Crippen molar-refractivity contribution in [2.24, 2.45) is 23.1 Å². The molecular weight excluding hydrogens is 1180 g/mol. The first-order valence-corrected chi connectivity index (χ1v) is 27.9. The maximum atomic E-state index is 13.8. The normalized spacial score (nSPS) is 15.1. The average Bonchev–Trinajstić information content (AvgIpc) is 2.57. The molecule has 2 aromatic carbocycles. The number of carboxylic acids is 2. The minimum atomic E-state index is -2.03. The smallest absolute Gasteiger partial charge is 0.326 e. The average molecular weight is 1260 g/mol. The molecule has 2 rings (SSSR count). The molecule has 34 nitrogen and oxygen atoms in total. The number of phenols is 1. The van der Waals surface area contributed by atoms with E-state index in [0.717, 1.165) is 19.4 Å². The van der Waals surface area contributed by atoms with Gasteiger partial charge in [-0.15, -0.1) is 0 Å². The Labute approximate surface area is 510 Å². The molecule has 89 heavy (non-hydrogen) atoms. The number of aliphatic carboxylic acids is 2. The topological polar surface area (TPSA) is 579 Å². The Morgan fingerprint density at radius 2 is 0.798 bits per heavy atom. The second-order valence-corrected chi connectivity index (χ2v) is 21.1. The van der Waals surface area contributed by atoms with Gasteiger partial charge in [0, 0.05) is 25.7 Å². The summed E-state index contributed by atoms with van der Waals surface area (Å²) in [7, 11) is 0. The fraction of sp³-hybridized carbons (Fsp3) is 0.527. The number of aliphatic hydroxyl groups is 4. The molecule has 0 heterocycles. The molecule has 0 spiro atoms. The summed E-state index contributed by atoms with van der Waals surface area (Å²) in [6.45, 7) is 2.16. The van der Waals surface area contributed by atoms with Crippen LogP contribution in [0.4, 0.5) is 0 Å². The minimum absolute atomic E-state index is 0.0525. The third-order valence-corrected chi connectivity index (χ3v) is 13.1. The van der Waals surface area contributed by atoms with E-state index < -0.39 is 214 Å². The number of aliphatic hydroxyl groups excluding tert-OH is 4. The van der Waals surface area contributed by atoms with Gasteiger partial charge in [0.2, 0.25) is 70.9 Å². The van der Waals surface area contributed by atoms with Crippen molar-refractivity contribution in [2.75, 3.05) is 19.8 Å². The molecule has 0 aliphatic carbocycles. The predicted molar refractivity (Wildman–Crippen MR) is 309 cm³/mol. The summed E-state index contributed by atoms with van der Waals surface area (Å²) < 4.78 is 0. The van der Waals surface area contributed by atoms with Crippen LogP contribution >= 0.6 is 0 Å². The van der Waals surface area contributed by atoms with Crippen LogP contribution in [0.1, 0.15) is 83.8 Å². The summed E-state index contributed by atoms with van der Waals surface area (Å²) in [4.78, 5) is 182. The van der Waals surface area contributed by atoms with Gasteiger partial charge in [-0.3, -0.25) is 62.3 Å². The monoisotopic (exact) mass is 1260 g/mol. The molecule has 0 aromatic heterocycles. The first-order valence-electron chi connectivity index (χ1n) is 27.9. The van der Waals surface area contributed by atoms with E-state index in [2.05, 4.69) is 53.2 Å². The summed E-state index contributed by atoms with van der Waals surface area (Å²) in [5, 5.41) is 91.8. The third kappa shape index (κ3) is 27.5. The Bertz CT molecular complexity index is 2790. The highest BCUT2D eigenvalue weighted by molar-refractivity contribution is 5.99. The number of primary amides is 2. The first kappa shape index (κ1) is 75.7. The molecule has 0 fully saturated rings. The van der Waals surface area contributed by atoms with Crippen molar-refractivity contribution in [3.05, 3.63) is 65.7 Å². The zero-order valence-corrected chi connectivity index (χ0v) is 49.3. The van der Waals surface area contributed by atoms with Crippen molar-refractivity contribution >= 4 is 82.8 Å². The number of carbonyl (C=O) groups is 14. The summed E-state index contributed by atoms with van der Waals surface area (Å²) in [5.41, 5.74) is 17.8. The van der Waals surface area contributed by atoms with E-state index in [-0.39, 0.29) is 30.9 Å². The lowest BCUT2D eigenvalue weighted by Gasteiger charge is -2.28. The lowest BCUT2D eigenvalue weighted by molar-refractivity contribution is -0.142. The van der Waals surface area contributed by atoms with Gasteiger partial charge in [-0.2, -0.15) is 0 Å². The predicted octanol–water partition coefficient (Wildman–Crippen LogP) is -7.74. The molecule has 0 radical (unpaired) electrons. The molecule has 0 bridgehead atoms. The molecule has 12 atom stereocenters. The van der Waals surface area contributed by atoms with Gasteiger partial charge in [0.05, 0.1) is 32.0 Å². The number of nitrogens with two attached hydrogens (primary N) is 3. The third-order valence-electron chi connectivity index (χ3n) is 13.1. The van der Waals surface area contributed by atoms with Crippen molar-refractivity contribution in [3.8, 4) is 5.75 Å². The van der Waals surface area contributed by atoms with E-state index in [0.29, 0.717) is 5.56 Å². The second kappa shape index (κ2) is 38.0. The summed E-state index contributed by atoms with van der Waals surface area (Å²) in [6, 6.07) is -4.71. The van der Waals surface area contributed by atoms with Crippen LogP contribution < -0.4 is 70.4 Å². The highest BCUT2D eigenvalue weighted by Crippen LogP contribution is 2.13. The van der Waals surface area contributed by atoms with E-state index in [1.807, 2.05) is 0 Å². The van der Waals surface area contributed by atoms with Gasteiger partial charge >= 0.3 is 11.9 Å². The van der Waals surface area contributed by atoms with Gasteiger partial charge in [0.25, 0.3) is 0 Å². The first-order chi connectivity index (χ1) is 41.8. The van der Waals surface area contributed by atoms with E-state index in [1.54, 1.807) is 44.2 Å². The quantitative estimate of drug-likeness (QED) is 0.0295. The maximum Gasteiger partial charge on any atom is 0.326 e. The Morgan fingerprint density at radius 3 is 1.22 bits per heavy atom. The van der Waals surface area contributed by atoms with E-state index in [9.17, 15) is 103 Å². The summed E-state index contributed by atoms with van der Waals surface area (Å²) in [6.07, 6.45) is -5.81. The number of aromatic hydroxyl groups is 1. The van der Waals surface area contributed by atoms with Gasteiger partial charge in [-0.1, -0.05) is 56.3 Å². The molecule has 12 amide bonds. The molecule has 492 valence electrons. The fourth-order valence-corrected chi connectivity index (χ4v) is 8.20. The second-order valence-electron chi connectivity index (χ2n) is 21.1. The molecule has 0 saturated carbocycles. The number of benzene rings is 2. The minimum Gasteiger partial charge on any atom is -0.508 e. The van der Waals surface area contributed by atoms with E-state index in [1.165, 1.54) is 24.3 Å². The molecule has 0 aliphatic heterocycles. The number of carboxylic acid groups (broad SMARTS) is 2. The Balaban J connectivity index is 2.25. The number of hydrogen-bond acceptors (Lipinski definition) is 20. The molecule has 0 unspecified atom stereocenters. The van der Waals surface area contributed by atoms with E-state index >= 15 is 0 Å². The van der Waals surface area contributed by atoms with Crippen molar-refractivity contribution in [1.29, 1.82) is 0 Å². The van der Waals surface area contributed by atoms with Crippen LogP contribution in [0.3, 0.4) is 0 Å². The molecule has 23 N–H and O–H groups in total. The van der Waals surface area contributed by atoms with Crippen molar-refractivity contribution in [3.63, 3.8) is 0 Å². The number of amides is 12. The molecule has 0 saturated heterocycles. The number of hydrogen-bond donors (Lipinski definition) is 20. The van der Waals surface area contributed by atoms with Crippen molar-refractivity contribution < 1.29 is 103 Å². The van der Waals surface area contributed by atoms with Crippen LogP contribution in [0.25, 0.3) is 0 Å². The van der Waals surface area contributed by atoms with Gasteiger partial charge < -0.3 is 106 Å². The Kier molecular flexibility index (Phi) is 32.3. The number of nitrogens with one attached hydrogen (secondary N) is 10. The van der Waals surface area contributed by atoms with Crippen molar-refractivity contribution in [1.82, 2.24) is 53.2 Å². The van der Waals surface area contributed by atoms with Gasteiger partial charge in [0.1, 0.15) is 66.2 Å². The number of phenolic OH excluding ortho intramolecular Hbond substituents is 1. The maximum absolute atomic E-state index is 13.8. The van der Waals surface area contributed by atoms with Crippen LogP contribution in [-0.4, -0.2) is 211 Å². The van der Waals surface area contributed by atoms with Crippen LogP contribution in [0.15, 0.2) is 54.6 Å². The number of carbonyl (C=O) groups excluding carboxylic acids is 12. The van der Waals surface area contributed by atoms with Crippen LogP contribution in [0, 0.1) is 5.92 Å². The molecule has 34 heteroatoms. The Morgan fingerprint density at radius 1 is 0.427 bits per heavy atom. The van der Waals surface area contributed by atoms with Crippen LogP contribution in [0.2, 0.25) is 0 Å². The fourth-order valence-electron chi connectivity index (χ4n) is 8.20. The van der Waals surface area contributed by atoms with Gasteiger partial charge in [0.15, 0.2) is 0 Å². The zero-order valence-electron chi connectivity index (χ0n) is 49.3. The van der Waals surface area contributed by atoms with E-state index in [4.69, 9.17) is 17.2 Å². The lowest BCUT2D eigenvalue weighted by atomic mass is 10.0. The molecule has 0 aliphatic rings. The molecular formula is C55H81N13O21. The SMILES string of the molecule is CC(C)C[C@H](NC(=O)[C@@H](N)Cc1ccccc1)C(=O)N[C@@H](CO)C(=O)N[C@@H](CO)C(=O)N[C@H](C(=O)N[C@@H](CCC(=O)O)C(=O)N[C@@H](C)C(=O)N[C@@H](CCC(N)=O)C(=O)N[C@@H](CCC(N)=O)C(=O)N[C@@H](CO)C(=O)N[C@@H](Cc1ccc(O)cc1)C(=O)O)[C@@H](C)O. The highest BCUT2D eigenvalue weighted by atomic mass is 16.4. The summed E-state index contributed by atoms with van der Waals surface area (Å²) >= 11 is 0. The Hall–Kier alpha value is -9.38. The summed E-state index contributed by atoms with van der Waals surface area (Å²) in [5.74, 6) is -17.0. The standard InChI is InChI=1S/C55H81N13O21/c1-26(2)20-36(63-46(79)32(56)21-29-8-6-5-7-9-29)50(83)66-39(24-70)52(85)67-40(25-71)53(86)68-44(28(4)72)54(87)62-35(16-19-43(76)77)47(80)59-27(3)45(78)60-33(14-17-41(57)74)48(81)61-34(15-18-42(58)75)49(82)65-38(23-69)51(84)64-37(55(88)89)22-30-10-12-31(73)13-11-30/h5-13,26-28,32-40,44,69-73H,14-25,56H2,1-4H3,(H2,57,74)(H2,58,75)(H,59,80)(H,60,78)(H,61,81)(H,62,87)(H,63,79)(H,64,84)(H,65,82)(H,66,83)(H,67,85)(H,68,86)(H,76,77)(H,88,89)/t27-,28+,32-,33-,34-,35-,36-,37-,38-,39-,40-,44-/m0/s1. The largest absolute Gasteiger partial charge is 0.508 e. The van der Waals surface area contributed by atoms with Crippen LogP contribution in [-0.2, 0) is 80.0 Å². The zero-order chi connectivity index (χ0) is 67.2. The van der Waals surface area contributed by atoms with Gasteiger partial charge in [-0.05, 0) is 75.1 Å². The van der Waals surface area contributed by atoms with Gasteiger partial charge in [-0.25, -0.2) is 4.79 Å². The highest BCUT2D eigenvalue weighted by Gasteiger charge is 2.37. The van der Waals surface area contributed by atoms with Crippen molar-refractivity contribution in [2.45, 2.75) is 158 Å². The number of rotatable bonds is 40. The molecule has 2 aromatic rings.